The SMILES string of the molecule is CCSNc1ccc(C=Cc2cc(Br)cc(CC)c2OC)cc1. The highest BCUT2D eigenvalue weighted by Gasteiger charge is 2.07. The van der Waals surface area contributed by atoms with E-state index in [-0.39, 0.29) is 0 Å². The average molecular weight is 392 g/mol. The molecule has 0 fully saturated rings. The van der Waals surface area contributed by atoms with Crippen molar-refractivity contribution < 1.29 is 4.74 Å². The molecule has 0 aromatic heterocycles. The van der Waals surface area contributed by atoms with Gasteiger partial charge in [-0.15, -0.1) is 0 Å². The molecule has 2 aromatic rings. The maximum atomic E-state index is 5.59. The van der Waals surface area contributed by atoms with Crippen molar-refractivity contribution in [2.45, 2.75) is 20.3 Å². The van der Waals surface area contributed by atoms with Crippen molar-refractivity contribution in [2.24, 2.45) is 0 Å². The molecule has 2 rings (SSSR count). The lowest BCUT2D eigenvalue weighted by molar-refractivity contribution is 0.409. The topological polar surface area (TPSA) is 21.3 Å². The standard InChI is InChI=1S/C19H22BrNOS/c1-4-15-12-17(20)13-16(19(15)22-3)9-6-14-7-10-18(11-8-14)21-23-5-2/h6-13,21H,4-5H2,1-3H3. The first kappa shape index (κ1) is 18.0. The molecule has 0 aliphatic carbocycles. The summed E-state index contributed by atoms with van der Waals surface area (Å²) in [4.78, 5) is 0. The van der Waals surface area contributed by atoms with Gasteiger partial charge in [0.25, 0.3) is 0 Å². The molecule has 0 radical (unpaired) electrons. The maximum Gasteiger partial charge on any atom is 0.129 e. The molecule has 0 heterocycles. The number of halogens is 1. The molecule has 0 atom stereocenters. The van der Waals surface area contributed by atoms with Gasteiger partial charge in [0.05, 0.1) is 7.11 Å². The summed E-state index contributed by atoms with van der Waals surface area (Å²) in [5, 5.41) is 0. The molecule has 2 nitrogen and oxygen atoms in total. The zero-order valence-corrected chi connectivity index (χ0v) is 16.1. The summed E-state index contributed by atoms with van der Waals surface area (Å²) in [6.07, 6.45) is 5.16. The van der Waals surface area contributed by atoms with Gasteiger partial charge in [-0.1, -0.05) is 66.0 Å². The Balaban J connectivity index is 2.21. The third-order valence-corrected chi connectivity index (χ3v) is 4.57. The first-order valence-electron chi connectivity index (χ1n) is 7.70. The lowest BCUT2D eigenvalue weighted by Crippen LogP contribution is -1.94. The van der Waals surface area contributed by atoms with Crippen LogP contribution in [-0.2, 0) is 6.42 Å². The average Bonchev–Trinajstić information content (AvgIpc) is 2.58. The Labute approximate surface area is 151 Å². The molecular formula is C19H22BrNOS. The molecule has 0 saturated carbocycles. The number of rotatable bonds is 7. The van der Waals surface area contributed by atoms with Gasteiger partial charge >= 0.3 is 0 Å². The van der Waals surface area contributed by atoms with Gasteiger partial charge in [-0.2, -0.15) is 0 Å². The van der Waals surface area contributed by atoms with Crippen molar-refractivity contribution in [1.29, 1.82) is 0 Å². The van der Waals surface area contributed by atoms with Crippen LogP contribution in [0.15, 0.2) is 40.9 Å². The monoisotopic (exact) mass is 391 g/mol. The zero-order valence-electron chi connectivity index (χ0n) is 13.7. The minimum atomic E-state index is 0.943. The molecule has 0 saturated heterocycles. The molecule has 0 unspecified atom stereocenters. The maximum absolute atomic E-state index is 5.59. The summed E-state index contributed by atoms with van der Waals surface area (Å²) in [5.74, 6) is 1.99. The number of nitrogens with one attached hydrogen (secondary N) is 1. The van der Waals surface area contributed by atoms with E-state index in [4.69, 9.17) is 4.74 Å². The number of ether oxygens (including phenoxy) is 1. The Bertz CT molecular complexity index is 668. The van der Waals surface area contributed by atoms with E-state index in [1.165, 1.54) is 5.56 Å². The Morgan fingerprint density at radius 3 is 2.48 bits per heavy atom. The van der Waals surface area contributed by atoms with Crippen molar-refractivity contribution in [1.82, 2.24) is 0 Å². The smallest absolute Gasteiger partial charge is 0.129 e. The lowest BCUT2D eigenvalue weighted by Gasteiger charge is -2.11. The Morgan fingerprint density at radius 1 is 1.13 bits per heavy atom. The van der Waals surface area contributed by atoms with Crippen LogP contribution in [0.3, 0.4) is 0 Å². The lowest BCUT2D eigenvalue weighted by atomic mass is 10.1. The van der Waals surface area contributed by atoms with Crippen LogP contribution in [-0.4, -0.2) is 12.9 Å². The number of methoxy groups -OCH3 is 1. The van der Waals surface area contributed by atoms with Gasteiger partial charge in [-0.25, -0.2) is 0 Å². The van der Waals surface area contributed by atoms with Gasteiger partial charge in [-0.3, -0.25) is 0 Å². The Morgan fingerprint density at radius 2 is 1.87 bits per heavy atom. The molecule has 0 aliphatic rings. The fourth-order valence-electron chi connectivity index (χ4n) is 2.31. The number of aryl methyl sites for hydroxylation is 1. The van der Waals surface area contributed by atoms with E-state index in [2.05, 4.69) is 83.0 Å². The van der Waals surface area contributed by atoms with Crippen LogP contribution in [0.5, 0.6) is 5.75 Å². The highest BCUT2D eigenvalue weighted by atomic mass is 79.9. The second-order valence-electron chi connectivity index (χ2n) is 5.03. The minimum absolute atomic E-state index is 0.943. The van der Waals surface area contributed by atoms with Crippen LogP contribution in [0.25, 0.3) is 12.2 Å². The van der Waals surface area contributed by atoms with Crippen LogP contribution in [0.1, 0.15) is 30.5 Å². The summed E-state index contributed by atoms with van der Waals surface area (Å²) < 4.78 is 9.97. The summed E-state index contributed by atoms with van der Waals surface area (Å²) in [5.41, 5.74) is 4.58. The number of hydrogen-bond acceptors (Lipinski definition) is 3. The molecule has 1 N–H and O–H groups in total. The normalized spacial score (nSPS) is 11.0. The minimum Gasteiger partial charge on any atom is -0.496 e. The quantitative estimate of drug-likeness (QED) is 0.443. The van der Waals surface area contributed by atoms with Gasteiger partial charge < -0.3 is 9.46 Å². The number of anilines is 1. The van der Waals surface area contributed by atoms with E-state index in [9.17, 15) is 0 Å². The van der Waals surface area contributed by atoms with E-state index in [1.807, 2.05) is 0 Å². The van der Waals surface area contributed by atoms with Crippen LogP contribution < -0.4 is 9.46 Å². The largest absolute Gasteiger partial charge is 0.496 e. The predicted molar refractivity (Wildman–Crippen MR) is 107 cm³/mol. The van der Waals surface area contributed by atoms with Gasteiger partial charge in [0.15, 0.2) is 0 Å². The van der Waals surface area contributed by atoms with E-state index in [0.717, 1.165) is 39.2 Å². The fourth-order valence-corrected chi connectivity index (χ4v) is 3.28. The van der Waals surface area contributed by atoms with Crippen molar-refractivity contribution in [3.63, 3.8) is 0 Å². The van der Waals surface area contributed by atoms with E-state index in [1.54, 1.807) is 19.1 Å². The number of benzene rings is 2. The molecular weight excluding hydrogens is 370 g/mol. The van der Waals surface area contributed by atoms with Crippen LogP contribution >= 0.6 is 27.9 Å². The summed E-state index contributed by atoms with van der Waals surface area (Å²) in [6, 6.07) is 12.6. The molecule has 4 heteroatoms. The van der Waals surface area contributed by atoms with Crippen molar-refractivity contribution in [3.8, 4) is 5.75 Å². The first-order valence-corrected chi connectivity index (χ1v) is 9.48. The highest BCUT2D eigenvalue weighted by molar-refractivity contribution is 9.10. The van der Waals surface area contributed by atoms with Crippen LogP contribution in [0, 0.1) is 0 Å². The molecule has 122 valence electrons. The van der Waals surface area contributed by atoms with Gasteiger partial charge in [0.2, 0.25) is 0 Å². The summed E-state index contributed by atoms with van der Waals surface area (Å²) in [7, 11) is 1.73. The Kier molecular flexibility index (Phi) is 7.06. The Hall–Kier alpha value is -1.39. The highest BCUT2D eigenvalue weighted by Crippen LogP contribution is 2.30. The van der Waals surface area contributed by atoms with Crippen molar-refractivity contribution >= 4 is 45.7 Å². The molecule has 0 bridgehead atoms. The molecule has 0 spiro atoms. The molecule has 0 amide bonds. The van der Waals surface area contributed by atoms with E-state index in [0.29, 0.717) is 0 Å². The first-order chi connectivity index (χ1) is 11.2. The molecule has 0 aliphatic heterocycles. The second kappa shape index (κ2) is 9.04. The second-order valence-corrected chi connectivity index (χ2v) is 7.02. The van der Waals surface area contributed by atoms with Crippen molar-refractivity contribution in [2.75, 3.05) is 17.6 Å². The third kappa shape index (κ3) is 5.05. The van der Waals surface area contributed by atoms with Crippen molar-refractivity contribution in [3.05, 3.63) is 57.6 Å². The molecule has 2 aromatic carbocycles. The van der Waals surface area contributed by atoms with Gasteiger partial charge in [0.1, 0.15) is 5.75 Å². The predicted octanol–water partition coefficient (Wildman–Crippen LogP) is 6.27. The third-order valence-electron chi connectivity index (χ3n) is 3.44. The fraction of sp³-hybridized carbons (Fsp3) is 0.263. The summed E-state index contributed by atoms with van der Waals surface area (Å²) in [6.45, 7) is 4.27. The van der Waals surface area contributed by atoms with Gasteiger partial charge in [0, 0.05) is 21.5 Å². The number of hydrogen-bond donors (Lipinski definition) is 1. The van der Waals surface area contributed by atoms with Gasteiger partial charge in [-0.05, 0) is 41.8 Å². The van der Waals surface area contributed by atoms with Crippen LogP contribution in [0.2, 0.25) is 0 Å². The van der Waals surface area contributed by atoms with E-state index >= 15 is 0 Å². The molecule has 23 heavy (non-hydrogen) atoms. The van der Waals surface area contributed by atoms with E-state index < -0.39 is 0 Å². The zero-order chi connectivity index (χ0) is 16.7. The van der Waals surface area contributed by atoms with Crippen LogP contribution in [0.4, 0.5) is 5.69 Å². The summed E-state index contributed by atoms with van der Waals surface area (Å²) >= 11 is 5.28.